The van der Waals surface area contributed by atoms with Gasteiger partial charge in [0.05, 0.1) is 0 Å². The van der Waals surface area contributed by atoms with Crippen LogP contribution in [0, 0.1) is 5.92 Å². The Labute approximate surface area is 74.7 Å². The fourth-order valence-corrected chi connectivity index (χ4v) is 1.25. The summed E-state index contributed by atoms with van der Waals surface area (Å²) < 4.78 is 0. The smallest absolute Gasteiger partial charge is 0.0169 e. The van der Waals surface area contributed by atoms with Crippen LogP contribution >= 0.6 is 31.9 Å². The molecule has 0 amide bonds. The predicted octanol–water partition coefficient (Wildman–Crippen LogP) is 3.58. The second-order valence-corrected chi connectivity index (χ2v) is 4.56. The molecule has 1 unspecified atom stereocenters. The molecular formula is C7H14Br2. The van der Waals surface area contributed by atoms with Crippen LogP contribution in [0.5, 0.6) is 0 Å². The molecule has 0 aromatic rings. The van der Waals surface area contributed by atoms with Gasteiger partial charge in [-0.15, -0.1) is 0 Å². The van der Waals surface area contributed by atoms with E-state index in [1.807, 2.05) is 0 Å². The van der Waals surface area contributed by atoms with Crippen molar-refractivity contribution in [2.24, 2.45) is 5.92 Å². The first-order chi connectivity index (χ1) is 4.18. The third-order valence-electron chi connectivity index (χ3n) is 1.34. The fraction of sp³-hybridized carbons (Fsp3) is 1.00. The number of alkyl halides is 2. The first-order valence-corrected chi connectivity index (χ1v) is 5.42. The Morgan fingerprint density at radius 2 is 1.89 bits per heavy atom. The van der Waals surface area contributed by atoms with E-state index in [0.29, 0.717) is 4.83 Å². The molecule has 0 bridgehead atoms. The van der Waals surface area contributed by atoms with Gasteiger partial charge in [0.25, 0.3) is 0 Å². The van der Waals surface area contributed by atoms with Crippen LogP contribution in [-0.4, -0.2) is 10.2 Å². The van der Waals surface area contributed by atoms with Gasteiger partial charge in [0.2, 0.25) is 0 Å². The molecule has 0 aliphatic rings. The molecule has 0 N–H and O–H groups in total. The number of halogens is 2. The van der Waals surface area contributed by atoms with Crippen molar-refractivity contribution in [3.63, 3.8) is 0 Å². The summed E-state index contributed by atoms with van der Waals surface area (Å²) >= 11 is 7.03. The highest BCUT2D eigenvalue weighted by Crippen LogP contribution is 2.17. The summed E-state index contributed by atoms with van der Waals surface area (Å²) in [5.41, 5.74) is 0. The van der Waals surface area contributed by atoms with Crippen LogP contribution in [0.4, 0.5) is 0 Å². The maximum Gasteiger partial charge on any atom is 0.0169 e. The highest BCUT2D eigenvalue weighted by Gasteiger charge is 2.06. The number of hydrogen-bond donors (Lipinski definition) is 0. The molecule has 1 atom stereocenters. The van der Waals surface area contributed by atoms with Gasteiger partial charge in [-0.2, -0.15) is 0 Å². The molecule has 0 saturated heterocycles. The zero-order chi connectivity index (χ0) is 7.28. The fourth-order valence-electron chi connectivity index (χ4n) is 0.605. The molecule has 0 aromatic carbocycles. The average Bonchev–Trinajstić information content (AvgIpc) is 1.82. The average molecular weight is 258 g/mol. The minimum Gasteiger partial charge on any atom is -0.0928 e. The van der Waals surface area contributed by atoms with E-state index in [1.54, 1.807) is 0 Å². The van der Waals surface area contributed by atoms with Crippen molar-refractivity contribution in [3.8, 4) is 0 Å². The Morgan fingerprint density at radius 1 is 1.33 bits per heavy atom. The van der Waals surface area contributed by atoms with Crippen molar-refractivity contribution in [2.45, 2.75) is 31.5 Å². The second kappa shape index (κ2) is 5.72. The molecular weight excluding hydrogens is 244 g/mol. The largest absolute Gasteiger partial charge is 0.0928 e. The van der Waals surface area contributed by atoms with Crippen molar-refractivity contribution >= 4 is 31.9 Å². The van der Waals surface area contributed by atoms with Crippen LogP contribution in [0.2, 0.25) is 0 Å². The molecule has 9 heavy (non-hydrogen) atoms. The maximum absolute atomic E-state index is 3.62. The summed E-state index contributed by atoms with van der Waals surface area (Å²) in [6.45, 7) is 4.49. The Morgan fingerprint density at radius 3 is 2.22 bits per heavy atom. The topological polar surface area (TPSA) is 0 Å². The Balaban J connectivity index is 3.16. The molecule has 2 heteroatoms. The van der Waals surface area contributed by atoms with Gasteiger partial charge in [-0.25, -0.2) is 0 Å². The van der Waals surface area contributed by atoms with Crippen molar-refractivity contribution in [1.29, 1.82) is 0 Å². The zero-order valence-electron chi connectivity index (χ0n) is 6.03. The standard InChI is InChI=1S/C7H14Br2/c1-6(2)7(9)4-3-5-8/h6-7H,3-5H2,1-2H3. The van der Waals surface area contributed by atoms with Gasteiger partial charge >= 0.3 is 0 Å². The first-order valence-electron chi connectivity index (χ1n) is 3.38. The van der Waals surface area contributed by atoms with Gasteiger partial charge in [-0.3, -0.25) is 0 Å². The monoisotopic (exact) mass is 256 g/mol. The first kappa shape index (κ1) is 9.96. The van der Waals surface area contributed by atoms with Crippen LogP contribution in [0.1, 0.15) is 26.7 Å². The van der Waals surface area contributed by atoms with Crippen molar-refractivity contribution in [3.05, 3.63) is 0 Å². The van der Waals surface area contributed by atoms with Gasteiger partial charge in [0.15, 0.2) is 0 Å². The van der Waals surface area contributed by atoms with Crippen LogP contribution in [0.25, 0.3) is 0 Å². The van der Waals surface area contributed by atoms with Gasteiger partial charge in [-0.1, -0.05) is 45.7 Å². The van der Waals surface area contributed by atoms with E-state index in [4.69, 9.17) is 0 Å². The molecule has 56 valence electrons. The molecule has 0 fully saturated rings. The number of hydrogen-bond acceptors (Lipinski definition) is 0. The molecule has 0 rings (SSSR count). The van der Waals surface area contributed by atoms with E-state index in [1.165, 1.54) is 12.8 Å². The second-order valence-electron chi connectivity index (χ2n) is 2.59. The molecule has 0 spiro atoms. The van der Waals surface area contributed by atoms with Gasteiger partial charge in [0, 0.05) is 10.2 Å². The van der Waals surface area contributed by atoms with Crippen LogP contribution in [0.3, 0.4) is 0 Å². The number of rotatable bonds is 4. The molecule has 0 aliphatic carbocycles. The Bertz CT molecular complexity index is 61.9. The molecule has 0 aromatic heterocycles. The van der Waals surface area contributed by atoms with Gasteiger partial charge < -0.3 is 0 Å². The Kier molecular flexibility index (Phi) is 6.33. The normalized spacial score (nSPS) is 14.3. The molecule has 0 radical (unpaired) electrons. The van der Waals surface area contributed by atoms with Crippen LogP contribution in [0.15, 0.2) is 0 Å². The van der Waals surface area contributed by atoms with E-state index in [2.05, 4.69) is 45.7 Å². The Hall–Kier alpha value is 0.960. The van der Waals surface area contributed by atoms with Crippen LogP contribution < -0.4 is 0 Å². The summed E-state index contributed by atoms with van der Waals surface area (Å²) in [6.07, 6.45) is 2.55. The molecule has 0 aliphatic heterocycles. The molecule has 0 saturated carbocycles. The minimum absolute atomic E-state index is 0.704. The predicted molar refractivity (Wildman–Crippen MR) is 50.6 cm³/mol. The molecule has 0 nitrogen and oxygen atoms in total. The summed E-state index contributed by atoms with van der Waals surface area (Å²) in [5, 5.41) is 1.13. The lowest BCUT2D eigenvalue weighted by Crippen LogP contribution is -2.06. The summed E-state index contributed by atoms with van der Waals surface area (Å²) in [4.78, 5) is 0.704. The zero-order valence-corrected chi connectivity index (χ0v) is 9.20. The summed E-state index contributed by atoms with van der Waals surface area (Å²) in [7, 11) is 0. The third-order valence-corrected chi connectivity index (χ3v) is 3.41. The van der Waals surface area contributed by atoms with E-state index in [-0.39, 0.29) is 0 Å². The van der Waals surface area contributed by atoms with Gasteiger partial charge in [-0.05, 0) is 18.8 Å². The van der Waals surface area contributed by atoms with Crippen molar-refractivity contribution in [2.75, 3.05) is 5.33 Å². The highest BCUT2D eigenvalue weighted by atomic mass is 79.9. The third kappa shape index (κ3) is 5.41. The lowest BCUT2D eigenvalue weighted by molar-refractivity contribution is 0.578. The maximum atomic E-state index is 3.62. The lowest BCUT2D eigenvalue weighted by atomic mass is 10.1. The van der Waals surface area contributed by atoms with Crippen molar-refractivity contribution < 1.29 is 0 Å². The minimum atomic E-state index is 0.704. The van der Waals surface area contributed by atoms with Crippen LogP contribution in [-0.2, 0) is 0 Å². The van der Waals surface area contributed by atoms with E-state index < -0.39 is 0 Å². The SMILES string of the molecule is CC(C)C(Br)CCCBr. The van der Waals surface area contributed by atoms with Gasteiger partial charge in [0.1, 0.15) is 0 Å². The summed E-state index contributed by atoms with van der Waals surface area (Å²) in [5.74, 6) is 0.768. The van der Waals surface area contributed by atoms with E-state index in [0.717, 1.165) is 11.2 Å². The highest BCUT2D eigenvalue weighted by molar-refractivity contribution is 9.09. The molecule has 0 heterocycles. The van der Waals surface area contributed by atoms with Crippen molar-refractivity contribution in [1.82, 2.24) is 0 Å². The quantitative estimate of drug-likeness (QED) is 0.676. The summed E-state index contributed by atoms with van der Waals surface area (Å²) in [6, 6.07) is 0. The lowest BCUT2D eigenvalue weighted by Gasteiger charge is -2.11. The van der Waals surface area contributed by atoms with E-state index in [9.17, 15) is 0 Å². The van der Waals surface area contributed by atoms with E-state index >= 15 is 0 Å².